The van der Waals surface area contributed by atoms with Crippen LogP contribution in [0, 0.1) is 5.82 Å². The Morgan fingerprint density at radius 2 is 1.74 bits per heavy atom. The van der Waals surface area contributed by atoms with Crippen molar-refractivity contribution in [1.29, 1.82) is 0 Å². The van der Waals surface area contributed by atoms with E-state index in [0.29, 0.717) is 18.7 Å². The predicted molar refractivity (Wildman–Crippen MR) is 71.0 cm³/mol. The van der Waals surface area contributed by atoms with Crippen LogP contribution in [-0.2, 0) is 16.0 Å². The van der Waals surface area contributed by atoms with Crippen LogP contribution in [0.15, 0.2) is 24.3 Å². The monoisotopic (exact) mass is 266 g/mol. The van der Waals surface area contributed by atoms with E-state index in [0.717, 1.165) is 0 Å². The van der Waals surface area contributed by atoms with E-state index in [1.54, 1.807) is 17.0 Å². The first kappa shape index (κ1) is 15.1. The van der Waals surface area contributed by atoms with E-state index in [4.69, 9.17) is 0 Å². The van der Waals surface area contributed by atoms with Gasteiger partial charge in [0.25, 0.3) is 0 Å². The molecule has 104 valence electrons. The van der Waals surface area contributed by atoms with E-state index in [1.165, 1.54) is 12.1 Å². The summed E-state index contributed by atoms with van der Waals surface area (Å²) in [6.45, 7) is 5.04. The number of carbonyl (C=O) groups excluding carboxylic acids is 2. The van der Waals surface area contributed by atoms with Crippen molar-refractivity contribution in [1.82, 2.24) is 10.2 Å². The van der Waals surface area contributed by atoms with Crippen molar-refractivity contribution in [2.75, 3.05) is 19.6 Å². The molecular formula is C14H19FN2O2. The summed E-state index contributed by atoms with van der Waals surface area (Å²) in [5.74, 6) is -0.676. The minimum Gasteiger partial charge on any atom is -0.347 e. The first-order chi connectivity index (χ1) is 9.06. The Hall–Kier alpha value is -1.91. The van der Waals surface area contributed by atoms with Crippen molar-refractivity contribution in [2.24, 2.45) is 0 Å². The van der Waals surface area contributed by atoms with Crippen molar-refractivity contribution >= 4 is 11.8 Å². The number of nitrogens with zero attached hydrogens (tertiary/aromatic N) is 1. The summed E-state index contributed by atoms with van der Waals surface area (Å²) < 4.78 is 12.7. The number of hydrogen-bond donors (Lipinski definition) is 1. The van der Waals surface area contributed by atoms with Gasteiger partial charge in [0, 0.05) is 13.1 Å². The van der Waals surface area contributed by atoms with E-state index in [2.05, 4.69) is 5.32 Å². The summed E-state index contributed by atoms with van der Waals surface area (Å²) in [5.41, 5.74) is 0.717. The number of halogens is 1. The fraction of sp³-hybridized carbons (Fsp3) is 0.429. The number of amides is 2. The Bertz CT molecular complexity index is 428. The lowest BCUT2D eigenvalue weighted by atomic mass is 10.1. The van der Waals surface area contributed by atoms with Crippen LogP contribution in [0.2, 0.25) is 0 Å². The van der Waals surface area contributed by atoms with Gasteiger partial charge in [0.05, 0.1) is 13.0 Å². The molecule has 0 aliphatic rings. The molecule has 0 radical (unpaired) electrons. The molecule has 19 heavy (non-hydrogen) atoms. The molecular weight excluding hydrogens is 247 g/mol. The van der Waals surface area contributed by atoms with Gasteiger partial charge in [-0.3, -0.25) is 9.59 Å². The Kier molecular flexibility index (Phi) is 5.99. The lowest BCUT2D eigenvalue weighted by Crippen LogP contribution is -2.40. The van der Waals surface area contributed by atoms with Gasteiger partial charge in [-0.2, -0.15) is 0 Å². The summed E-state index contributed by atoms with van der Waals surface area (Å²) >= 11 is 0. The molecule has 0 fully saturated rings. The van der Waals surface area contributed by atoms with Gasteiger partial charge < -0.3 is 10.2 Å². The van der Waals surface area contributed by atoms with E-state index >= 15 is 0 Å². The first-order valence-corrected chi connectivity index (χ1v) is 6.35. The zero-order chi connectivity index (χ0) is 14.3. The van der Waals surface area contributed by atoms with E-state index < -0.39 is 0 Å². The van der Waals surface area contributed by atoms with Crippen LogP contribution >= 0.6 is 0 Å². The second-order valence-electron chi connectivity index (χ2n) is 4.15. The lowest BCUT2D eigenvalue weighted by molar-refractivity contribution is -0.132. The van der Waals surface area contributed by atoms with Gasteiger partial charge in [-0.25, -0.2) is 4.39 Å². The molecule has 0 saturated heterocycles. The number of nitrogens with one attached hydrogen (secondary N) is 1. The summed E-state index contributed by atoms with van der Waals surface area (Å²) in [6, 6.07) is 5.73. The second kappa shape index (κ2) is 7.51. The van der Waals surface area contributed by atoms with E-state index in [9.17, 15) is 14.0 Å². The molecule has 5 heteroatoms. The number of rotatable bonds is 6. The molecule has 0 aliphatic carbocycles. The van der Waals surface area contributed by atoms with Crippen LogP contribution in [0.1, 0.15) is 19.4 Å². The summed E-state index contributed by atoms with van der Waals surface area (Å²) in [7, 11) is 0. The highest BCUT2D eigenvalue weighted by Crippen LogP contribution is 2.03. The summed E-state index contributed by atoms with van der Waals surface area (Å²) in [4.78, 5) is 24.9. The Labute approximate surface area is 112 Å². The number of hydrogen-bond acceptors (Lipinski definition) is 2. The molecule has 1 rings (SSSR count). The van der Waals surface area contributed by atoms with E-state index in [-0.39, 0.29) is 30.6 Å². The fourth-order valence-electron chi connectivity index (χ4n) is 1.71. The molecule has 1 aromatic rings. The van der Waals surface area contributed by atoms with Gasteiger partial charge in [-0.15, -0.1) is 0 Å². The normalized spacial score (nSPS) is 10.1. The van der Waals surface area contributed by atoms with Gasteiger partial charge in [0.15, 0.2) is 0 Å². The Balaban J connectivity index is 2.39. The maximum atomic E-state index is 12.7. The second-order valence-corrected chi connectivity index (χ2v) is 4.15. The smallest absolute Gasteiger partial charge is 0.241 e. The maximum absolute atomic E-state index is 12.7. The SMILES string of the molecule is CCN(CC)C(=O)CNC(=O)Cc1ccc(F)cc1. The number of carbonyl (C=O) groups is 2. The van der Waals surface area contributed by atoms with Gasteiger partial charge >= 0.3 is 0 Å². The molecule has 0 unspecified atom stereocenters. The van der Waals surface area contributed by atoms with E-state index in [1.807, 2.05) is 13.8 Å². The zero-order valence-corrected chi connectivity index (χ0v) is 11.3. The molecule has 2 amide bonds. The van der Waals surface area contributed by atoms with Crippen molar-refractivity contribution in [3.8, 4) is 0 Å². The highest BCUT2D eigenvalue weighted by Gasteiger charge is 2.11. The molecule has 1 N–H and O–H groups in total. The summed E-state index contributed by atoms with van der Waals surface area (Å²) in [6.07, 6.45) is 0.145. The van der Waals surface area contributed by atoms with Gasteiger partial charge in [0.2, 0.25) is 11.8 Å². The van der Waals surface area contributed by atoms with Crippen LogP contribution in [0.5, 0.6) is 0 Å². The zero-order valence-electron chi connectivity index (χ0n) is 11.3. The van der Waals surface area contributed by atoms with Gasteiger partial charge in [0.1, 0.15) is 5.82 Å². The summed E-state index contributed by atoms with van der Waals surface area (Å²) in [5, 5.41) is 2.57. The molecule has 0 bridgehead atoms. The Morgan fingerprint density at radius 3 is 2.26 bits per heavy atom. The standard InChI is InChI=1S/C14H19FN2O2/c1-3-17(4-2)14(19)10-16-13(18)9-11-5-7-12(15)8-6-11/h5-8H,3-4,9-10H2,1-2H3,(H,16,18). The topological polar surface area (TPSA) is 49.4 Å². The van der Waals surface area contributed by atoms with Crippen molar-refractivity contribution < 1.29 is 14.0 Å². The molecule has 1 aromatic carbocycles. The molecule has 0 aliphatic heterocycles. The molecule has 0 atom stereocenters. The third-order valence-electron chi connectivity index (χ3n) is 2.83. The average molecular weight is 266 g/mol. The van der Waals surface area contributed by atoms with Crippen LogP contribution in [-0.4, -0.2) is 36.3 Å². The molecule has 0 heterocycles. The van der Waals surface area contributed by atoms with Gasteiger partial charge in [-0.05, 0) is 31.5 Å². The van der Waals surface area contributed by atoms with Crippen LogP contribution in [0.25, 0.3) is 0 Å². The minimum atomic E-state index is -0.333. The van der Waals surface area contributed by atoms with Crippen molar-refractivity contribution in [2.45, 2.75) is 20.3 Å². The highest BCUT2D eigenvalue weighted by atomic mass is 19.1. The largest absolute Gasteiger partial charge is 0.347 e. The van der Waals surface area contributed by atoms with Crippen molar-refractivity contribution in [3.63, 3.8) is 0 Å². The van der Waals surface area contributed by atoms with Crippen LogP contribution in [0.4, 0.5) is 4.39 Å². The quantitative estimate of drug-likeness (QED) is 0.845. The molecule has 0 saturated carbocycles. The number of likely N-dealkylation sites (N-methyl/N-ethyl adjacent to an activating group) is 1. The third-order valence-corrected chi connectivity index (χ3v) is 2.83. The fourth-order valence-corrected chi connectivity index (χ4v) is 1.71. The minimum absolute atomic E-state index is 0.00169. The lowest BCUT2D eigenvalue weighted by Gasteiger charge is -2.18. The Morgan fingerprint density at radius 1 is 1.16 bits per heavy atom. The average Bonchev–Trinajstić information content (AvgIpc) is 2.40. The maximum Gasteiger partial charge on any atom is 0.241 e. The van der Waals surface area contributed by atoms with Crippen LogP contribution < -0.4 is 5.32 Å². The molecule has 0 aromatic heterocycles. The first-order valence-electron chi connectivity index (χ1n) is 6.35. The van der Waals surface area contributed by atoms with Crippen molar-refractivity contribution in [3.05, 3.63) is 35.6 Å². The number of benzene rings is 1. The molecule has 0 spiro atoms. The van der Waals surface area contributed by atoms with Gasteiger partial charge in [-0.1, -0.05) is 12.1 Å². The highest BCUT2D eigenvalue weighted by molar-refractivity contribution is 5.85. The van der Waals surface area contributed by atoms with Crippen LogP contribution in [0.3, 0.4) is 0 Å². The third kappa shape index (κ3) is 5.07. The molecule has 4 nitrogen and oxygen atoms in total. The predicted octanol–water partition coefficient (Wildman–Crippen LogP) is 1.35.